The van der Waals surface area contributed by atoms with E-state index in [-0.39, 0.29) is 16.7 Å². The number of amides is 3. The Hall–Kier alpha value is -3.92. The Morgan fingerprint density at radius 1 is 0.844 bits per heavy atom. The second-order valence-electron chi connectivity index (χ2n) is 12.9. The van der Waals surface area contributed by atoms with Crippen LogP contribution in [0.5, 0.6) is 0 Å². The van der Waals surface area contributed by atoms with E-state index in [0.29, 0.717) is 38.6 Å². The van der Waals surface area contributed by atoms with Crippen molar-refractivity contribution in [1.82, 2.24) is 15.4 Å². The Balaban J connectivity index is 1.62. The maximum Gasteiger partial charge on any atom is 0.408 e. The third-order valence-electron chi connectivity index (χ3n) is 7.24. The number of ether oxygens (including phenoxy) is 1. The highest BCUT2D eigenvalue weighted by Crippen LogP contribution is 2.27. The van der Waals surface area contributed by atoms with Gasteiger partial charge < -0.3 is 15.4 Å². The Labute approximate surface area is 267 Å². The number of nitrogens with one attached hydrogen (secondary N) is 3. The first-order valence-electron chi connectivity index (χ1n) is 15.5. The number of hydrogen-bond donors (Lipinski definition) is 3. The number of unbranched alkanes of at least 4 members (excludes halogenated alkanes) is 2. The Morgan fingerprint density at radius 3 is 2.16 bits per heavy atom. The Bertz CT molecular complexity index is 1560. The molecule has 3 aromatic rings. The van der Waals surface area contributed by atoms with Crippen molar-refractivity contribution in [2.24, 2.45) is 5.92 Å². The topological polar surface area (TPSA) is 131 Å². The molecule has 10 heteroatoms. The highest BCUT2D eigenvalue weighted by atomic mass is 32.2. The van der Waals surface area contributed by atoms with Crippen LogP contribution in [0.4, 0.5) is 4.79 Å². The molecule has 1 unspecified atom stereocenters. The quantitative estimate of drug-likeness (QED) is 0.177. The zero-order valence-electron chi connectivity index (χ0n) is 27.2. The lowest BCUT2D eigenvalue weighted by molar-refractivity contribution is -0.123. The van der Waals surface area contributed by atoms with E-state index in [1.54, 1.807) is 32.9 Å². The van der Waals surface area contributed by atoms with Crippen molar-refractivity contribution in [3.8, 4) is 0 Å². The van der Waals surface area contributed by atoms with E-state index in [1.807, 2.05) is 63.2 Å². The minimum absolute atomic E-state index is 0.0337. The minimum Gasteiger partial charge on any atom is -0.444 e. The Kier molecular flexibility index (Phi) is 12.6. The third kappa shape index (κ3) is 11.5. The summed E-state index contributed by atoms with van der Waals surface area (Å²) in [4.78, 5) is 38.7. The summed E-state index contributed by atoms with van der Waals surface area (Å²) in [6, 6.07) is 19.2. The first kappa shape index (κ1) is 35.6. The van der Waals surface area contributed by atoms with Gasteiger partial charge in [-0.25, -0.2) is 17.9 Å². The molecule has 0 aliphatic carbocycles. The molecule has 0 aliphatic rings. The molecule has 3 N–H and O–H groups in total. The summed E-state index contributed by atoms with van der Waals surface area (Å²) in [6.45, 7) is 11.5. The van der Waals surface area contributed by atoms with Crippen LogP contribution in [0.15, 0.2) is 71.6 Å². The van der Waals surface area contributed by atoms with Gasteiger partial charge in [0.1, 0.15) is 11.6 Å². The van der Waals surface area contributed by atoms with Crippen LogP contribution in [-0.2, 0) is 24.3 Å². The average Bonchev–Trinajstić information content (AvgIpc) is 2.94. The van der Waals surface area contributed by atoms with Crippen molar-refractivity contribution in [1.29, 1.82) is 0 Å². The van der Waals surface area contributed by atoms with Crippen LogP contribution in [0.1, 0.15) is 83.8 Å². The van der Waals surface area contributed by atoms with Crippen LogP contribution in [0.2, 0.25) is 0 Å². The summed E-state index contributed by atoms with van der Waals surface area (Å²) in [7, 11) is -4.04. The number of carbonyl (C=O) groups is 3. The molecule has 0 fully saturated rings. The zero-order valence-corrected chi connectivity index (χ0v) is 28.0. The van der Waals surface area contributed by atoms with Crippen molar-refractivity contribution in [2.45, 2.75) is 96.1 Å². The molecule has 0 spiro atoms. The molecule has 0 heterocycles. The van der Waals surface area contributed by atoms with Crippen LogP contribution in [0.3, 0.4) is 0 Å². The smallest absolute Gasteiger partial charge is 0.408 e. The molecular formula is C35H47N3O6S. The van der Waals surface area contributed by atoms with Gasteiger partial charge in [-0.3, -0.25) is 9.59 Å². The number of benzene rings is 3. The fourth-order valence-electron chi connectivity index (χ4n) is 4.99. The SMILES string of the molecule is Cc1ccc(S(=O)(=O)NC(=O)C(CCCCCNC(=O)[C@H](CC(C)C)NC(=O)OC(C)(C)C)c2ccc3ccccc3c2)cc1. The number of aryl methyl sites for hydroxylation is 1. The van der Waals surface area contributed by atoms with Gasteiger partial charge >= 0.3 is 6.09 Å². The van der Waals surface area contributed by atoms with Crippen molar-refractivity contribution >= 4 is 38.7 Å². The van der Waals surface area contributed by atoms with Crippen molar-refractivity contribution in [2.75, 3.05) is 6.54 Å². The number of fused-ring (bicyclic) bond motifs is 1. The molecule has 244 valence electrons. The molecule has 0 aromatic heterocycles. The number of carbonyl (C=O) groups excluding carboxylic acids is 3. The third-order valence-corrected chi connectivity index (χ3v) is 8.60. The van der Waals surface area contributed by atoms with Gasteiger partial charge in [0.2, 0.25) is 11.8 Å². The molecule has 0 aliphatic heterocycles. The van der Waals surface area contributed by atoms with Gasteiger partial charge in [0, 0.05) is 6.54 Å². The van der Waals surface area contributed by atoms with E-state index in [0.717, 1.165) is 21.9 Å². The van der Waals surface area contributed by atoms with Gasteiger partial charge in [0.15, 0.2) is 0 Å². The number of sulfonamides is 1. The average molecular weight is 638 g/mol. The second-order valence-corrected chi connectivity index (χ2v) is 14.6. The van der Waals surface area contributed by atoms with E-state index < -0.39 is 39.6 Å². The highest BCUT2D eigenvalue weighted by molar-refractivity contribution is 7.90. The standard InChI is InChI=1S/C35H47N3O6S/c1-24(2)22-31(37-34(41)44-35(4,5)6)33(40)36-21-11-7-8-14-30(28-18-17-26-12-9-10-13-27(26)23-28)32(39)38-45(42,43)29-19-15-25(3)16-20-29/h9-10,12-13,15-20,23-24,30-31H,7-8,11,14,21-22H2,1-6H3,(H,36,40)(H,37,41)(H,38,39)/t30?,31-/m0/s1. The van der Waals surface area contributed by atoms with E-state index in [4.69, 9.17) is 4.74 Å². The van der Waals surface area contributed by atoms with Gasteiger partial charge in [-0.2, -0.15) is 0 Å². The molecule has 9 nitrogen and oxygen atoms in total. The fraction of sp³-hybridized carbons (Fsp3) is 0.457. The molecule has 0 radical (unpaired) electrons. The van der Waals surface area contributed by atoms with E-state index >= 15 is 0 Å². The Morgan fingerprint density at radius 2 is 1.51 bits per heavy atom. The molecule has 0 saturated heterocycles. The van der Waals surface area contributed by atoms with Crippen molar-refractivity contribution in [3.63, 3.8) is 0 Å². The van der Waals surface area contributed by atoms with Gasteiger partial charge in [-0.15, -0.1) is 0 Å². The summed E-state index contributed by atoms with van der Waals surface area (Å²) < 4.78 is 33.7. The lowest BCUT2D eigenvalue weighted by atomic mass is 9.91. The highest BCUT2D eigenvalue weighted by Gasteiger charge is 2.27. The van der Waals surface area contributed by atoms with Crippen molar-refractivity contribution < 1.29 is 27.5 Å². The zero-order chi connectivity index (χ0) is 33.2. The van der Waals surface area contributed by atoms with E-state index in [9.17, 15) is 22.8 Å². The lowest BCUT2D eigenvalue weighted by Crippen LogP contribution is -2.49. The summed E-state index contributed by atoms with van der Waals surface area (Å²) in [5, 5.41) is 7.58. The predicted octanol–water partition coefficient (Wildman–Crippen LogP) is 6.35. The number of alkyl carbamates (subject to hydrolysis) is 1. The summed E-state index contributed by atoms with van der Waals surface area (Å²) in [5.41, 5.74) is 0.985. The van der Waals surface area contributed by atoms with Crippen LogP contribution in [-0.4, -0.2) is 44.5 Å². The predicted molar refractivity (Wildman–Crippen MR) is 177 cm³/mol. The normalized spacial score (nSPS) is 13.2. The number of rotatable bonds is 14. The molecule has 3 aromatic carbocycles. The van der Waals surface area contributed by atoms with Gasteiger partial charge in [-0.05, 0) is 81.3 Å². The summed E-state index contributed by atoms with van der Waals surface area (Å²) in [6.07, 6.45) is 2.26. The van der Waals surface area contributed by atoms with E-state index in [1.165, 1.54) is 12.1 Å². The molecular weight excluding hydrogens is 590 g/mol. The van der Waals surface area contributed by atoms with E-state index in [2.05, 4.69) is 15.4 Å². The lowest BCUT2D eigenvalue weighted by Gasteiger charge is -2.24. The van der Waals surface area contributed by atoms with Crippen LogP contribution >= 0.6 is 0 Å². The number of hydrogen-bond acceptors (Lipinski definition) is 6. The maximum atomic E-state index is 13.5. The van der Waals surface area contributed by atoms with Gasteiger partial charge in [0.05, 0.1) is 10.8 Å². The van der Waals surface area contributed by atoms with Crippen LogP contribution in [0, 0.1) is 12.8 Å². The summed E-state index contributed by atoms with van der Waals surface area (Å²) >= 11 is 0. The monoisotopic (exact) mass is 637 g/mol. The fourth-order valence-corrected chi connectivity index (χ4v) is 6.01. The maximum absolute atomic E-state index is 13.5. The minimum atomic E-state index is -4.04. The first-order chi connectivity index (χ1) is 21.1. The van der Waals surface area contributed by atoms with Gasteiger partial charge in [0.25, 0.3) is 10.0 Å². The first-order valence-corrected chi connectivity index (χ1v) is 17.0. The van der Waals surface area contributed by atoms with Crippen molar-refractivity contribution in [3.05, 3.63) is 77.9 Å². The molecule has 3 amide bonds. The molecule has 0 saturated carbocycles. The second kappa shape index (κ2) is 15.9. The van der Waals surface area contributed by atoms with Crippen LogP contribution in [0.25, 0.3) is 10.8 Å². The summed E-state index contributed by atoms with van der Waals surface area (Å²) in [5.74, 6) is -1.35. The molecule has 3 rings (SSSR count). The molecule has 45 heavy (non-hydrogen) atoms. The molecule has 2 atom stereocenters. The van der Waals surface area contributed by atoms with Crippen LogP contribution < -0.4 is 15.4 Å². The van der Waals surface area contributed by atoms with Gasteiger partial charge in [-0.1, -0.05) is 86.8 Å². The largest absolute Gasteiger partial charge is 0.444 e. The molecule has 0 bridgehead atoms.